The lowest BCUT2D eigenvalue weighted by molar-refractivity contribution is 1.05. The average Bonchev–Trinajstić information content (AvgIpc) is 2.73. The number of aromatic nitrogens is 2. The van der Waals surface area contributed by atoms with Crippen molar-refractivity contribution in [1.29, 1.82) is 5.26 Å². The van der Waals surface area contributed by atoms with Crippen molar-refractivity contribution in [3.63, 3.8) is 0 Å². The predicted octanol–water partition coefficient (Wildman–Crippen LogP) is 4.47. The van der Waals surface area contributed by atoms with E-state index in [0.717, 1.165) is 25.9 Å². The van der Waals surface area contributed by atoms with Gasteiger partial charge in [0.1, 0.15) is 6.07 Å². The number of hydrogen-bond donors (Lipinski definition) is 1. The minimum atomic E-state index is 0.601. The summed E-state index contributed by atoms with van der Waals surface area (Å²) in [4.78, 5) is 3.20. The fourth-order valence-electron chi connectivity index (χ4n) is 2.31. The standard InChI is InChI=1S/C15H10IN3S/c1-9-3-2-4-13(11(9)8-17)19-14-6-5-10(16)7-12(14)18-15(19)20/h2-7H,1H3,(H,18,20). The second-order valence-electron chi connectivity index (χ2n) is 4.51. The Morgan fingerprint density at radius 2 is 2.10 bits per heavy atom. The van der Waals surface area contributed by atoms with Crippen molar-refractivity contribution in [2.24, 2.45) is 0 Å². The third-order valence-corrected chi connectivity index (χ3v) is 4.20. The largest absolute Gasteiger partial charge is 0.330 e. The maximum absolute atomic E-state index is 9.40. The maximum atomic E-state index is 9.40. The molecule has 0 saturated heterocycles. The van der Waals surface area contributed by atoms with Crippen LogP contribution in [0.15, 0.2) is 36.4 Å². The monoisotopic (exact) mass is 391 g/mol. The average molecular weight is 391 g/mol. The molecule has 0 aliphatic heterocycles. The highest BCUT2D eigenvalue weighted by Gasteiger charge is 2.12. The van der Waals surface area contributed by atoms with Gasteiger partial charge in [0.05, 0.1) is 22.3 Å². The first-order valence-electron chi connectivity index (χ1n) is 6.02. The van der Waals surface area contributed by atoms with Gasteiger partial charge in [0.25, 0.3) is 0 Å². The molecular formula is C15H10IN3S. The normalized spacial score (nSPS) is 10.7. The molecule has 0 atom stereocenters. The number of nitrogens with one attached hydrogen (secondary N) is 1. The molecule has 0 unspecified atom stereocenters. The number of fused-ring (bicyclic) bond motifs is 1. The number of nitriles is 1. The number of aryl methyl sites for hydroxylation is 1. The Hall–Kier alpha value is -1.65. The number of imidazole rings is 1. The summed E-state index contributed by atoms with van der Waals surface area (Å²) in [6, 6.07) is 14.2. The summed E-state index contributed by atoms with van der Waals surface area (Å²) in [6.45, 7) is 1.93. The topological polar surface area (TPSA) is 44.5 Å². The first-order valence-corrected chi connectivity index (χ1v) is 7.51. The third kappa shape index (κ3) is 2.05. The van der Waals surface area contributed by atoms with Crippen LogP contribution in [0.1, 0.15) is 11.1 Å². The zero-order valence-corrected chi connectivity index (χ0v) is 13.6. The highest BCUT2D eigenvalue weighted by Crippen LogP contribution is 2.24. The number of nitrogens with zero attached hydrogens (tertiary/aromatic N) is 2. The van der Waals surface area contributed by atoms with E-state index in [1.165, 1.54) is 0 Å². The molecule has 0 spiro atoms. The van der Waals surface area contributed by atoms with Gasteiger partial charge in [0.2, 0.25) is 0 Å². The lowest BCUT2D eigenvalue weighted by Crippen LogP contribution is -1.99. The van der Waals surface area contributed by atoms with E-state index in [9.17, 15) is 5.26 Å². The zero-order chi connectivity index (χ0) is 14.3. The fourth-order valence-corrected chi connectivity index (χ4v) is 3.10. The van der Waals surface area contributed by atoms with Crippen LogP contribution in [0.2, 0.25) is 0 Å². The molecule has 0 bridgehead atoms. The van der Waals surface area contributed by atoms with Crippen LogP contribution in [0.4, 0.5) is 0 Å². The van der Waals surface area contributed by atoms with E-state index in [1.807, 2.05) is 47.9 Å². The van der Waals surface area contributed by atoms with E-state index in [0.29, 0.717) is 10.3 Å². The van der Waals surface area contributed by atoms with Crippen molar-refractivity contribution < 1.29 is 0 Å². The summed E-state index contributed by atoms with van der Waals surface area (Å²) < 4.78 is 3.67. The molecule has 0 aliphatic carbocycles. The Morgan fingerprint density at radius 1 is 1.30 bits per heavy atom. The SMILES string of the molecule is Cc1cccc(-n2c(=S)[nH]c3cc(I)ccc32)c1C#N. The van der Waals surface area contributed by atoms with E-state index < -0.39 is 0 Å². The summed E-state index contributed by atoms with van der Waals surface area (Å²) in [5, 5.41) is 9.40. The van der Waals surface area contributed by atoms with Crippen LogP contribution in [0, 0.1) is 26.6 Å². The van der Waals surface area contributed by atoms with E-state index in [1.54, 1.807) is 0 Å². The number of aromatic amines is 1. The molecule has 0 aliphatic rings. The van der Waals surface area contributed by atoms with Crippen molar-refractivity contribution in [3.05, 3.63) is 55.9 Å². The van der Waals surface area contributed by atoms with Crippen LogP contribution < -0.4 is 0 Å². The van der Waals surface area contributed by atoms with Crippen molar-refractivity contribution >= 4 is 45.8 Å². The first-order chi connectivity index (χ1) is 9.61. The number of benzene rings is 2. The van der Waals surface area contributed by atoms with Crippen LogP contribution in [0.25, 0.3) is 16.7 Å². The van der Waals surface area contributed by atoms with Crippen LogP contribution in [-0.2, 0) is 0 Å². The molecule has 3 rings (SSSR count). The number of rotatable bonds is 1. The Bertz CT molecular complexity index is 915. The predicted molar refractivity (Wildman–Crippen MR) is 90.6 cm³/mol. The Kier molecular flexibility index (Phi) is 3.36. The molecule has 1 heterocycles. The zero-order valence-electron chi connectivity index (χ0n) is 10.6. The molecule has 0 saturated carbocycles. The van der Waals surface area contributed by atoms with Crippen LogP contribution >= 0.6 is 34.8 Å². The van der Waals surface area contributed by atoms with Gasteiger partial charge in [-0.2, -0.15) is 5.26 Å². The lowest BCUT2D eigenvalue weighted by atomic mass is 10.1. The number of hydrogen-bond acceptors (Lipinski definition) is 2. The molecular weight excluding hydrogens is 381 g/mol. The van der Waals surface area contributed by atoms with Gasteiger partial charge < -0.3 is 4.98 Å². The van der Waals surface area contributed by atoms with Gasteiger partial charge in [-0.3, -0.25) is 4.57 Å². The van der Waals surface area contributed by atoms with Gasteiger partial charge >= 0.3 is 0 Å². The molecule has 5 heteroatoms. The first kappa shape index (κ1) is 13.3. The summed E-state index contributed by atoms with van der Waals surface area (Å²) in [5.41, 5.74) is 4.39. The summed E-state index contributed by atoms with van der Waals surface area (Å²) in [5.74, 6) is 0. The Balaban J connectivity index is 2.42. The van der Waals surface area contributed by atoms with Gasteiger partial charge in [0, 0.05) is 3.57 Å². The summed E-state index contributed by atoms with van der Waals surface area (Å²) in [7, 11) is 0. The molecule has 20 heavy (non-hydrogen) atoms. The van der Waals surface area contributed by atoms with Crippen LogP contribution in [0.3, 0.4) is 0 Å². The summed E-state index contributed by atoms with van der Waals surface area (Å²) in [6.07, 6.45) is 0. The summed E-state index contributed by atoms with van der Waals surface area (Å²) >= 11 is 7.69. The van der Waals surface area contributed by atoms with Gasteiger partial charge in [-0.25, -0.2) is 0 Å². The van der Waals surface area contributed by atoms with Crippen molar-refractivity contribution in [2.45, 2.75) is 6.92 Å². The van der Waals surface area contributed by atoms with E-state index in [2.05, 4.69) is 33.6 Å². The lowest BCUT2D eigenvalue weighted by Gasteiger charge is -2.08. The van der Waals surface area contributed by atoms with Crippen molar-refractivity contribution in [3.8, 4) is 11.8 Å². The van der Waals surface area contributed by atoms with Crippen molar-refractivity contribution in [1.82, 2.24) is 9.55 Å². The molecule has 0 amide bonds. The highest BCUT2D eigenvalue weighted by molar-refractivity contribution is 14.1. The molecule has 3 aromatic rings. The van der Waals surface area contributed by atoms with Crippen LogP contribution in [0.5, 0.6) is 0 Å². The molecule has 0 fully saturated rings. The quantitative estimate of drug-likeness (QED) is 0.491. The number of H-pyrrole nitrogens is 1. The molecule has 1 aromatic heterocycles. The Morgan fingerprint density at radius 3 is 2.85 bits per heavy atom. The number of halogens is 1. The minimum Gasteiger partial charge on any atom is -0.330 e. The van der Waals surface area contributed by atoms with E-state index in [-0.39, 0.29) is 0 Å². The molecule has 0 radical (unpaired) electrons. The van der Waals surface area contributed by atoms with Gasteiger partial charge in [-0.05, 0) is 71.6 Å². The van der Waals surface area contributed by atoms with Gasteiger partial charge in [0.15, 0.2) is 4.77 Å². The molecule has 3 nitrogen and oxygen atoms in total. The molecule has 2 aromatic carbocycles. The van der Waals surface area contributed by atoms with Crippen molar-refractivity contribution in [2.75, 3.05) is 0 Å². The van der Waals surface area contributed by atoms with Gasteiger partial charge in [-0.1, -0.05) is 12.1 Å². The second kappa shape index (κ2) is 5.04. The third-order valence-electron chi connectivity index (χ3n) is 3.25. The minimum absolute atomic E-state index is 0.601. The fraction of sp³-hybridized carbons (Fsp3) is 0.0667. The molecule has 98 valence electrons. The van der Waals surface area contributed by atoms with E-state index >= 15 is 0 Å². The highest BCUT2D eigenvalue weighted by atomic mass is 127. The smallest absolute Gasteiger partial charge is 0.182 e. The van der Waals surface area contributed by atoms with E-state index in [4.69, 9.17) is 12.2 Å². The molecule has 1 N–H and O–H groups in total. The van der Waals surface area contributed by atoms with Crippen LogP contribution in [-0.4, -0.2) is 9.55 Å². The Labute approximate surface area is 135 Å². The second-order valence-corrected chi connectivity index (χ2v) is 6.14. The van der Waals surface area contributed by atoms with Gasteiger partial charge in [-0.15, -0.1) is 0 Å². The maximum Gasteiger partial charge on any atom is 0.182 e.